The van der Waals surface area contributed by atoms with Gasteiger partial charge in [-0.2, -0.15) is 0 Å². The van der Waals surface area contributed by atoms with Crippen molar-refractivity contribution in [3.05, 3.63) is 70.3 Å². The number of hydrogen-bond donors (Lipinski definition) is 1. The fourth-order valence-corrected chi connectivity index (χ4v) is 3.09. The average Bonchev–Trinajstić information content (AvgIpc) is 2.56. The van der Waals surface area contributed by atoms with Gasteiger partial charge in [-0.25, -0.2) is 8.78 Å². The topological polar surface area (TPSA) is 46.3 Å². The van der Waals surface area contributed by atoms with Gasteiger partial charge in [0.1, 0.15) is 11.6 Å². The van der Waals surface area contributed by atoms with Crippen molar-refractivity contribution in [3.63, 3.8) is 0 Å². The SMILES string of the molecule is Nc1ccc(Cl)cc1C1=CC(c2ccc(F)cc2F)N(C=O)CC1. The predicted octanol–water partition coefficient (Wildman–Crippen LogP) is 4.19. The lowest BCUT2D eigenvalue weighted by molar-refractivity contribution is -0.119. The van der Waals surface area contributed by atoms with E-state index in [0.29, 0.717) is 30.1 Å². The molecular weight excluding hydrogens is 334 g/mol. The van der Waals surface area contributed by atoms with Crippen LogP contribution in [0.25, 0.3) is 5.57 Å². The lowest BCUT2D eigenvalue weighted by Gasteiger charge is -2.32. The molecule has 2 aromatic rings. The first-order valence-corrected chi connectivity index (χ1v) is 7.79. The normalized spacial score (nSPS) is 17.5. The van der Waals surface area contributed by atoms with E-state index in [4.69, 9.17) is 17.3 Å². The van der Waals surface area contributed by atoms with Crippen LogP contribution in [0.2, 0.25) is 5.02 Å². The average molecular weight is 349 g/mol. The summed E-state index contributed by atoms with van der Waals surface area (Å²) in [6, 6.07) is 7.87. The lowest BCUT2D eigenvalue weighted by atomic mass is 9.91. The highest BCUT2D eigenvalue weighted by molar-refractivity contribution is 6.30. The van der Waals surface area contributed by atoms with Crippen molar-refractivity contribution in [2.75, 3.05) is 12.3 Å². The molecule has 1 atom stereocenters. The van der Waals surface area contributed by atoms with Crippen LogP contribution in [-0.2, 0) is 4.79 Å². The summed E-state index contributed by atoms with van der Waals surface area (Å²) in [6.45, 7) is 0.406. The maximum Gasteiger partial charge on any atom is 0.210 e. The Balaban J connectivity index is 2.08. The van der Waals surface area contributed by atoms with Gasteiger partial charge in [-0.3, -0.25) is 4.79 Å². The van der Waals surface area contributed by atoms with Crippen LogP contribution in [0.4, 0.5) is 14.5 Å². The van der Waals surface area contributed by atoms with Crippen LogP contribution in [0.15, 0.2) is 42.5 Å². The largest absolute Gasteiger partial charge is 0.398 e. The molecular formula is C18H15ClF2N2O. The van der Waals surface area contributed by atoms with Crippen LogP contribution >= 0.6 is 11.6 Å². The smallest absolute Gasteiger partial charge is 0.210 e. The van der Waals surface area contributed by atoms with E-state index in [-0.39, 0.29) is 5.56 Å². The predicted molar refractivity (Wildman–Crippen MR) is 90.3 cm³/mol. The third kappa shape index (κ3) is 3.12. The van der Waals surface area contributed by atoms with E-state index in [1.807, 2.05) is 0 Å². The first-order valence-electron chi connectivity index (χ1n) is 7.41. The minimum atomic E-state index is -0.691. The maximum atomic E-state index is 14.2. The molecule has 0 saturated carbocycles. The van der Waals surface area contributed by atoms with E-state index in [9.17, 15) is 13.6 Å². The van der Waals surface area contributed by atoms with E-state index in [0.717, 1.165) is 17.2 Å². The van der Waals surface area contributed by atoms with Crippen molar-refractivity contribution < 1.29 is 13.6 Å². The third-order valence-corrected chi connectivity index (χ3v) is 4.37. The number of halogens is 3. The van der Waals surface area contributed by atoms with Gasteiger partial charge in [0.05, 0.1) is 6.04 Å². The van der Waals surface area contributed by atoms with Crippen molar-refractivity contribution in [3.8, 4) is 0 Å². The Hall–Kier alpha value is -2.40. The van der Waals surface area contributed by atoms with Crippen LogP contribution in [0.1, 0.15) is 23.6 Å². The van der Waals surface area contributed by atoms with Crippen molar-refractivity contribution in [2.24, 2.45) is 0 Å². The number of benzene rings is 2. The highest BCUT2D eigenvalue weighted by atomic mass is 35.5. The van der Waals surface area contributed by atoms with Gasteiger partial charge in [0.25, 0.3) is 0 Å². The first kappa shape index (κ1) is 16.5. The van der Waals surface area contributed by atoms with Gasteiger partial charge in [0, 0.05) is 34.4 Å². The second kappa shape index (κ2) is 6.61. The molecule has 1 aliphatic rings. The number of amides is 1. The molecule has 1 aliphatic heterocycles. The third-order valence-electron chi connectivity index (χ3n) is 4.13. The molecule has 24 heavy (non-hydrogen) atoms. The number of nitrogen functional groups attached to an aromatic ring is 1. The molecule has 124 valence electrons. The van der Waals surface area contributed by atoms with Crippen LogP contribution in [0.3, 0.4) is 0 Å². The van der Waals surface area contributed by atoms with Gasteiger partial charge < -0.3 is 10.6 Å². The second-order valence-electron chi connectivity index (χ2n) is 5.63. The fraction of sp³-hybridized carbons (Fsp3) is 0.167. The van der Waals surface area contributed by atoms with E-state index >= 15 is 0 Å². The monoisotopic (exact) mass is 348 g/mol. The van der Waals surface area contributed by atoms with Crippen molar-refractivity contribution in [2.45, 2.75) is 12.5 Å². The molecule has 0 spiro atoms. The molecule has 0 aliphatic carbocycles. The van der Waals surface area contributed by atoms with Gasteiger partial charge in [-0.1, -0.05) is 23.7 Å². The van der Waals surface area contributed by atoms with Crippen molar-refractivity contribution >= 4 is 29.3 Å². The van der Waals surface area contributed by atoms with Gasteiger partial charge >= 0.3 is 0 Å². The summed E-state index contributed by atoms with van der Waals surface area (Å²) in [5.74, 6) is -1.35. The molecule has 1 unspecified atom stereocenters. The summed E-state index contributed by atoms with van der Waals surface area (Å²) in [5.41, 5.74) is 8.45. The first-order chi connectivity index (χ1) is 11.5. The Morgan fingerprint density at radius 2 is 2.00 bits per heavy atom. The Morgan fingerprint density at radius 3 is 2.71 bits per heavy atom. The summed E-state index contributed by atoms with van der Waals surface area (Å²) < 4.78 is 27.3. The summed E-state index contributed by atoms with van der Waals surface area (Å²) in [6.07, 6.45) is 3.01. The number of nitrogens with two attached hydrogens (primary N) is 1. The summed E-state index contributed by atoms with van der Waals surface area (Å²) in [4.78, 5) is 12.8. The Kier molecular flexibility index (Phi) is 4.53. The molecule has 3 nitrogen and oxygen atoms in total. The molecule has 0 radical (unpaired) electrons. The Bertz CT molecular complexity index is 823. The van der Waals surface area contributed by atoms with E-state index < -0.39 is 17.7 Å². The molecule has 0 bridgehead atoms. The van der Waals surface area contributed by atoms with E-state index in [1.54, 1.807) is 24.3 Å². The van der Waals surface area contributed by atoms with Gasteiger partial charge in [0.2, 0.25) is 6.41 Å². The zero-order chi connectivity index (χ0) is 17.3. The molecule has 0 fully saturated rings. The molecule has 0 aromatic heterocycles. The zero-order valence-corrected chi connectivity index (χ0v) is 13.4. The fourth-order valence-electron chi connectivity index (χ4n) is 2.92. The van der Waals surface area contributed by atoms with Crippen LogP contribution < -0.4 is 5.73 Å². The van der Waals surface area contributed by atoms with Crippen LogP contribution in [0, 0.1) is 11.6 Å². The summed E-state index contributed by atoms with van der Waals surface area (Å²) >= 11 is 6.04. The highest BCUT2D eigenvalue weighted by Gasteiger charge is 2.26. The molecule has 1 heterocycles. The van der Waals surface area contributed by atoms with Gasteiger partial charge in [0.15, 0.2) is 0 Å². The van der Waals surface area contributed by atoms with E-state index in [1.165, 1.54) is 17.0 Å². The van der Waals surface area contributed by atoms with Gasteiger partial charge in [-0.15, -0.1) is 0 Å². The molecule has 6 heteroatoms. The Morgan fingerprint density at radius 1 is 1.21 bits per heavy atom. The lowest BCUT2D eigenvalue weighted by Crippen LogP contribution is -2.31. The number of nitrogens with zero attached hydrogens (tertiary/aromatic N) is 1. The van der Waals surface area contributed by atoms with Crippen molar-refractivity contribution in [1.29, 1.82) is 0 Å². The number of anilines is 1. The van der Waals surface area contributed by atoms with Crippen LogP contribution in [-0.4, -0.2) is 17.9 Å². The minimum absolute atomic E-state index is 0.237. The number of rotatable bonds is 3. The zero-order valence-electron chi connectivity index (χ0n) is 12.7. The van der Waals surface area contributed by atoms with Crippen molar-refractivity contribution in [1.82, 2.24) is 4.90 Å². The number of carbonyl (C=O) groups is 1. The molecule has 3 rings (SSSR count). The number of hydrogen-bond acceptors (Lipinski definition) is 2. The van der Waals surface area contributed by atoms with E-state index in [2.05, 4.69) is 0 Å². The summed E-state index contributed by atoms with van der Waals surface area (Å²) in [7, 11) is 0. The highest BCUT2D eigenvalue weighted by Crippen LogP contribution is 2.36. The minimum Gasteiger partial charge on any atom is -0.398 e. The standard InChI is InChI=1S/C18H15ClF2N2O/c19-12-1-4-17(22)15(8-12)11-5-6-23(10-24)18(7-11)14-3-2-13(20)9-16(14)21/h1-4,7-10,18H,5-6,22H2. The Labute approximate surface area is 143 Å². The van der Waals surface area contributed by atoms with Crippen LogP contribution in [0.5, 0.6) is 0 Å². The van der Waals surface area contributed by atoms with Gasteiger partial charge in [-0.05, 0) is 36.3 Å². The number of carbonyl (C=O) groups excluding carboxylic acids is 1. The molecule has 0 saturated heterocycles. The molecule has 1 amide bonds. The molecule has 2 N–H and O–H groups in total. The quantitative estimate of drug-likeness (QED) is 0.668. The second-order valence-corrected chi connectivity index (χ2v) is 6.06. The summed E-state index contributed by atoms with van der Waals surface area (Å²) in [5, 5.41) is 0.544. The maximum absolute atomic E-state index is 14.2. The molecule has 2 aromatic carbocycles.